The van der Waals surface area contributed by atoms with Crippen molar-refractivity contribution < 1.29 is 24.2 Å². The summed E-state index contributed by atoms with van der Waals surface area (Å²) in [5.74, 6) is -0.0832. The molecule has 0 spiro atoms. The number of nitrogens with zero attached hydrogens (tertiary/aromatic N) is 1. The molecule has 0 saturated heterocycles. The zero-order chi connectivity index (χ0) is 19.1. The molecule has 0 heterocycles. The Balaban J connectivity index is 2.22. The van der Waals surface area contributed by atoms with E-state index in [0.29, 0.717) is 17.2 Å². The maximum absolute atomic E-state index is 12.7. The number of rotatable bonds is 7. The Morgan fingerprint density at radius 1 is 1.08 bits per heavy atom. The molecular weight excluding hydrogens is 336 g/mol. The summed E-state index contributed by atoms with van der Waals surface area (Å²) in [5.41, 5.74) is 1.31. The lowest BCUT2D eigenvalue weighted by atomic mass is 10.2. The number of urea groups is 1. The normalized spacial score (nSPS) is 11.3. The van der Waals surface area contributed by atoms with Gasteiger partial charge in [0, 0.05) is 18.3 Å². The van der Waals surface area contributed by atoms with Gasteiger partial charge in [-0.2, -0.15) is 0 Å². The van der Waals surface area contributed by atoms with Crippen molar-refractivity contribution in [2.45, 2.75) is 19.5 Å². The fourth-order valence-corrected chi connectivity index (χ4v) is 2.41. The highest BCUT2D eigenvalue weighted by atomic mass is 16.5. The molecule has 0 fully saturated rings. The number of carbonyl (C=O) groups is 2. The minimum atomic E-state index is -1.08. The smallest absolute Gasteiger partial charge is 0.326 e. The Bertz CT molecular complexity index is 764. The third-order valence-corrected chi connectivity index (χ3v) is 3.92. The molecular formula is C19H22N2O5. The van der Waals surface area contributed by atoms with Crippen molar-refractivity contribution in [2.75, 3.05) is 19.5 Å². The Labute approximate surface area is 152 Å². The van der Waals surface area contributed by atoms with Gasteiger partial charge in [0.15, 0.2) is 11.5 Å². The van der Waals surface area contributed by atoms with Crippen LogP contribution < -0.4 is 14.8 Å². The summed E-state index contributed by atoms with van der Waals surface area (Å²) in [6.07, 6.45) is 0. The van der Waals surface area contributed by atoms with E-state index in [-0.39, 0.29) is 6.54 Å². The molecule has 7 heteroatoms. The van der Waals surface area contributed by atoms with Gasteiger partial charge in [0.2, 0.25) is 0 Å². The van der Waals surface area contributed by atoms with Gasteiger partial charge in [0.05, 0.1) is 14.2 Å². The lowest BCUT2D eigenvalue weighted by Crippen LogP contribution is -2.44. The molecule has 0 saturated carbocycles. The summed E-state index contributed by atoms with van der Waals surface area (Å²) in [4.78, 5) is 25.4. The molecule has 2 aromatic carbocycles. The monoisotopic (exact) mass is 358 g/mol. The van der Waals surface area contributed by atoms with Gasteiger partial charge in [-0.05, 0) is 24.6 Å². The van der Waals surface area contributed by atoms with Crippen molar-refractivity contribution >= 4 is 17.7 Å². The van der Waals surface area contributed by atoms with Crippen LogP contribution in [0.3, 0.4) is 0 Å². The third kappa shape index (κ3) is 4.66. The molecule has 0 radical (unpaired) electrons. The topological polar surface area (TPSA) is 88.1 Å². The average Bonchev–Trinajstić information content (AvgIpc) is 2.66. The number of carbonyl (C=O) groups excluding carboxylic acids is 1. The van der Waals surface area contributed by atoms with Crippen molar-refractivity contribution in [3.05, 3.63) is 54.1 Å². The fourth-order valence-electron chi connectivity index (χ4n) is 2.41. The van der Waals surface area contributed by atoms with Gasteiger partial charge >= 0.3 is 12.0 Å². The summed E-state index contributed by atoms with van der Waals surface area (Å²) in [7, 11) is 3.02. The minimum absolute atomic E-state index is 0.174. The molecule has 2 N–H and O–H groups in total. The predicted octanol–water partition coefficient (Wildman–Crippen LogP) is 3.21. The summed E-state index contributed by atoms with van der Waals surface area (Å²) in [5, 5.41) is 12.0. The predicted molar refractivity (Wildman–Crippen MR) is 97.6 cm³/mol. The van der Waals surface area contributed by atoms with E-state index in [4.69, 9.17) is 9.47 Å². The molecule has 1 unspecified atom stereocenters. The third-order valence-electron chi connectivity index (χ3n) is 3.92. The van der Waals surface area contributed by atoms with Crippen molar-refractivity contribution in [1.82, 2.24) is 4.90 Å². The number of carboxylic acid groups (broad SMARTS) is 1. The van der Waals surface area contributed by atoms with E-state index < -0.39 is 18.0 Å². The maximum atomic E-state index is 12.7. The van der Waals surface area contributed by atoms with Crippen molar-refractivity contribution in [2.24, 2.45) is 0 Å². The van der Waals surface area contributed by atoms with Crippen LogP contribution in [0.25, 0.3) is 0 Å². The number of benzene rings is 2. The first-order valence-electron chi connectivity index (χ1n) is 8.02. The van der Waals surface area contributed by atoms with E-state index in [2.05, 4.69) is 5.32 Å². The number of nitrogens with one attached hydrogen (secondary N) is 1. The Kier molecular flexibility index (Phi) is 6.43. The summed E-state index contributed by atoms with van der Waals surface area (Å²) >= 11 is 0. The number of methoxy groups -OCH3 is 2. The molecule has 0 aliphatic carbocycles. The zero-order valence-electron chi connectivity index (χ0n) is 14.9. The lowest BCUT2D eigenvalue weighted by Gasteiger charge is -2.27. The SMILES string of the molecule is COc1ccc(NC(=O)N(Cc2ccccc2)C(C)C(=O)O)cc1OC. The van der Waals surface area contributed by atoms with E-state index in [9.17, 15) is 14.7 Å². The standard InChI is InChI=1S/C19H22N2O5/c1-13(18(22)23)21(12-14-7-5-4-6-8-14)19(24)20-15-9-10-16(25-2)17(11-15)26-3/h4-11,13H,12H2,1-3H3,(H,20,24)(H,22,23). The second-order valence-corrected chi connectivity index (χ2v) is 5.63. The molecule has 0 aliphatic heterocycles. The van der Waals surface area contributed by atoms with Crippen LogP contribution in [0.5, 0.6) is 11.5 Å². The average molecular weight is 358 g/mol. The van der Waals surface area contributed by atoms with Crippen LogP contribution in [0.15, 0.2) is 48.5 Å². The largest absolute Gasteiger partial charge is 0.493 e. The molecule has 0 aliphatic rings. The quantitative estimate of drug-likeness (QED) is 0.793. The molecule has 0 bridgehead atoms. The van der Waals surface area contributed by atoms with Crippen LogP contribution in [0.4, 0.5) is 10.5 Å². The molecule has 2 rings (SSSR count). The molecule has 1 atom stereocenters. The van der Waals surface area contributed by atoms with Crippen molar-refractivity contribution in [3.8, 4) is 11.5 Å². The molecule has 138 valence electrons. The molecule has 2 aromatic rings. The number of amides is 2. The van der Waals surface area contributed by atoms with Gasteiger partial charge < -0.3 is 24.8 Å². The molecule has 7 nitrogen and oxygen atoms in total. The lowest BCUT2D eigenvalue weighted by molar-refractivity contribution is -0.141. The summed E-state index contributed by atoms with van der Waals surface area (Å²) in [6, 6.07) is 12.6. The summed E-state index contributed by atoms with van der Waals surface area (Å²) < 4.78 is 10.4. The van der Waals surface area contributed by atoms with E-state index in [1.54, 1.807) is 18.2 Å². The van der Waals surface area contributed by atoms with Gasteiger partial charge in [0.1, 0.15) is 6.04 Å². The van der Waals surface area contributed by atoms with Gasteiger partial charge in [-0.15, -0.1) is 0 Å². The highest BCUT2D eigenvalue weighted by molar-refractivity contribution is 5.92. The maximum Gasteiger partial charge on any atom is 0.326 e. The zero-order valence-corrected chi connectivity index (χ0v) is 14.9. The van der Waals surface area contributed by atoms with Crippen LogP contribution in [-0.4, -0.2) is 42.3 Å². The van der Waals surface area contributed by atoms with Crippen LogP contribution in [0.1, 0.15) is 12.5 Å². The minimum Gasteiger partial charge on any atom is -0.493 e. The first kappa shape index (κ1) is 19.1. The van der Waals surface area contributed by atoms with E-state index in [1.165, 1.54) is 26.0 Å². The highest BCUT2D eigenvalue weighted by Crippen LogP contribution is 2.30. The first-order valence-corrected chi connectivity index (χ1v) is 8.02. The van der Waals surface area contributed by atoms with Crippen LogP contribution >= 0.6 is 0 Å². The van der Waals surface area contributed by atoms with E-state index in [1.807, 2.05) is 30.3 Å². The second-order valence-electron chi connectivity index (χ2n) is 5.63. The van der Waals surface area contributed by atoms with Crippen LogP contribution in [0, 0.1) is 0 Å². The van der Waals surface area contributed by atoms with Gasteiger partial charge in [-0.1, -0.05) is 30.3 Å². The van der Waals surface area contributed by atoms with E-state index >= 15 is 0 Å². The second kappa shape index (κ2) is 8.75. The van der Waals surface area contributed by atoms with Gasteiger partial charge in [-0.3, -0.25) is 0 Å². The summed E-state index contributed by atoms with van der Waals surface area (Å²) in [6.45, 7) is 1.65. The van der Waals surface area contributed by atoms with Gasteiger partial charge in [-0.25, -0.2) is 9.59 Å². The highest BCUT2D eigenvalue weighted by Gasteiger charge is 2.26. The number of hydrogen-bond donors (Lipinski definition) is 2. The van der Waals surface area contributed by atoms with Crippen LogP contribution in [-0.2, 0) is 11.3 Å². The Morgan fingerprint density at radius 3 is 2.31 bits per heavy atom. The number of ether oxygens (including phenoxy) is 2. The number of carboxylic acids is 1. The van der Waals surface area contributed by atoms with Crippen molar-refractivity contribution in [1.29, 1.82) is 0 Å². The number of hydrogen-bond acceptors (Lipinski definition) is 4. The van der Waals surface area contributed by atoms with Crippen LogP contribution in [0.2, 0.25) is 0 Å². The van der Waals surface area contributed by atoms with E-state index in [0.717, 1.165) is 5.56 Å². The molecule has 2 amide bonds. The molecule has 26 heavy (non-hydrogen) atoms. The Morgan fingerprint density at radius 2 is 1.73 bits per heavy atom. The first-order chi connectivity index (χ1) is 12.5. The molecule has 0 aromatic heterocycles. The number of aliphatic carboxylic acids is 1. The number of anilines is 1. The van der Waals surface area contributed by atoms with Crippen molar-refractivity contribution in [3.63, 3.8) is 0 Å². The fraction of sp³-hybridized carbons (Fsp3) is 0.263. The Hall–Kier alpha value is -3.22. The van der Waals surface area contributed by atoms with Gasteiger partial charge in [0.25, 0.3) is 0 Å².